The molecule has 1 saturated carbocycles. The van der Waals surface area contributed by atoms with Gasteiger partial charge in [0.15, 0.2) is 6.61 Å². The molecule has 0 radical (unpaired) electrons. The van der Waals surface area contributed by atoms with Crippen molar-refractivity contribution in [2.75, 3.05) is 26.2 Å². The Balaban J connectivity index is 1.31. The maximum atomic E-state index is 12.2. The number of ether oxygens (including phenoxy) is 1. The molecule has 1 N–H and O–H groups in total. The van der Waals surface area contributed by atoms with Crippen molar-refractivity contribution >= 4 is 5.91 Å². The summed E-state index contributed by atoms with van der Waals surface area (Å²) in [6.45, 7) is 3.59. The number of hydrogen-bond acceptors (Lipinski definition) is 3. The van der Waals surface area contributed by atoms with Crippen molar-refractivity contribution in [1.29, 1.82) is 0 Å². The van der Waals surface area contributed by atoms with Crippen molar-refractivity contribution in [3.8, 4) is 5.75 Å². The largest absolute Gasteiger partial charge is 0.483 e. The standard InChI is InChI=1S/C23H28N2O2/c26-22(25-14-6-7-15-25)17-27-21-11-5-4-8-19(21)16-24-18-23(12-13-23)20-9-2-1-3-10-20/h1-5,8-11,24H,6-7,12-18H2. The third-order valence-electron chi connectivity index (χ3n) is 5.80. The van der Waals surface area contributed by atoms with Gasteiger partial charge in [-0.2, -0.15) is 0 Å². The van der Waals surface area contributed by atoms with Crippen LogP contribution >= 0.6 is 0 Å². The molecule has 1 aliphatic carbocycles. The zero-order valence-electron chi connectivity index (χ0n) is 15.8. The summed E-state index contributed by atoms with van der Waals surface area (Å²) in [6, 6.07) is 18.8. The Morgan fingerprint density at radius 2 is 1.70 bits per heavy atom. The number of carbonyl (C=O) groups excluding carboxylic acids is 1. The van der Waals surface area contributed by atoms with Crippen LogP contribution < -0.4 is 10.1 Å². The molecule has 2 aliphatic rings. The summed E-state index contributed by atoms with van der Waals surface area (Å²) in [6.07, 6.45) is 4.70. The molecule has 1 heterocycles. The monoisotopic (exact) mass is 364 g/mol. The molecule has 142 valence electrons. The fourth-order valence-corrected chi connectivity index (χ4v) is 3.93. The van der Waals surface area contributed by atoms with Crippen molar-refractivity contribution in [3.63, 3.8) is 0 Å². The van der Waals surface area contributed by atoms with Gasteiger partial charge in [0.1, 0.15) is 5.75 Å². The molecular weight excluding hydrogens is 336 g/mol. The maximum absolute atomic E-state index is 12.2. The lowest BCUT2D eigenvalue weighted by Crippen LogP contribution is -2.32. The number of para-hydroxylation sites is 1. The predicted octanol–water partition coefficient (Wildman–Crippen LogP) is 3.51. The van der Waals surface area contributed by atoms with Gasteiger partial charge in [0.2, 0.25) is 0 Å². The van der Waals surface area contributed by atoms with E-state index in [9.17, 15) is 4.79 Å². The Morgan fingerprint density at radius 3 is 2.44 bits per heavy atom. The highest BCUT2D eigenvalue weighted by atomic mass is 16.5. The van der Waals surface area contributed by atoms with E-state index in [4.69, 9.17) is 4.74 Å². The van der Waals surface area contributed by atoms with Crippen LogP contribution in [0.4, 0.5) is 0 Å². The van der Waals surface area contributed by atoms with Crippen molar-refractivity contribution in [2.24, 2.45) is 0 Å². The van der Waals surface area contributed by atoms with E-state index < -0.39 is 0 Å². The van der Waals surface area contributed by atoms with Gasteiger partial charge in [-0.3, -0.25) is 4.79 Å². The second-order valence-corrected chi connectivity index (χ2v) is 7.73. The second-order valence-electron chi connectivity index (χ2n) is 7.73. The normalized spacial score (nSPS) is 17.7. The van der Waals surface area contributed by atoms with Crippen LogP contribution in [0.5, 0.6) is 5.75 Å². The van der Waals surface area contributed by atoms with E-state index in [0.717, 1.165) is 50.3 Å². The molecule has 0 atom stereocenters. The number of carbonyl (C=O) groups is 1. The molecular formula is C23H28N2O2. The first-order chi connectivity index (χ1) is 13.3. The van der Waals surface area contributed by atoms with Gasteiger partial charge in [0, 0.05) is 37.2 Å². The molecule has 4 heteroatoms. The predicted molar refractivity (Wildman–Crippen MR) is 107 cm³/mol. The highest BCUT2D eigenvalue weighted by molar-refractivity contribution is 5.78. The van der Waals surface area contributed by atoms with Gasteiger partial charge in [-0.1, -0.05) is 48.5 Å². The quantitative estimate of drug-likeness (QED) is 0.779. The van der Waals surface area contributed by atoms with Crippen molar-refractivity contribution in [2.45, 2.75) is 37.6 Å². The maximum Gasteiger partial charge on any atom is 0.260 e. The fourth-order valence-electron chi connectivity index (χ4n) is 3.93. The minimum Gasteiger partial charge on any atom is -0.483 e. The van der Waals surface area contributed by atoms with E-state index in [0.29, 0.717) is 5.41 Å². The Bertz CT molecular complexity index is 765. The van der Waals surface area contributed by atoms with Gasteiger partial charge in [-0.05, 0) is 37.3 Å². The average Bonchev–Trinajstić information content (AvgIpc) is 3.30. The van der Waals surface area contributed by atoms with Gasteiger partial charge >= 0.3 is 0 Å². The minimum atomic E-state index is 0.0938. The number of amides is 1. The number of nitrogens with one attached hydrogen (secondary N) is 1. The molecule has 4 rings (SSSR count). The minimum absolute atomic E-state index is 0.0938. The highest BCUT2D eigenvalue weighted by Crippen LogP contribution is 2.47. The lowest BCUT2D eigenvalue weighted by atomic mass is 9.96. The smallest absolute Gasteiger partial charge is 0.260 e. The molecule has 1 saturated heterocycles. The van der Waals surface area contributed by atoms with E-state index in [1.807, 2.05) is 23.1 Å². The zero-order valence-corrected chi connectivity index (χ0v) is 15.8. The van der Waals surface area contributed by atoms with E-state index in [-0.39, 0.29) is 12.5 Å². The molecule has 2 fully saturated rings. The molecule has 4 nitrogen and oxygen atoms in total. The molecule has 2 aromatic carbocycles. The van der Waals surface area contributed by atoms with Crippen LogP contribution in [0.2, 0.25) is 0 Å². The van der Waals surface area contributed by atoms with Gasteiger partial charge in [0.05, 0.1) is 0 Å². The number of rotatable bonds is 8. The lowest BCUT2D eigenvalue weighted by Gasteiger charge is -2.19. The highest BCUT2D eigenvalue weighted by Gasteiger charge is 2.43. The first-order valence-corrected chi connectivity index (χ1v) is 10.0. The molecule has 1 amide bonds. The SMILES string of the molecule is O=C(COc1ccccc1CNCC1(c2ccccc2)CC1)N1CCCC1. The summed E-state index contributed by atoms with van der Waals surface area (Å²) in [5, 5.41) is 3.61. The number of hydrogen-bond donors (Lipinski definition) is 1. The van der Waals surface area contributed by atoms with E-state index in [1.54, 1.807) is 0 Å². The van der Waals surface area contributed by atoms with Crippen LogP contribution in [0.1, 0.15) is 36.8 Å². The molecule has 0 spiro atoms. The number of nitrogens with zero attached hydrogens (tertiary/aromatic N) is 1. The second kappa shape index (κ2) is 8.13. The van der Waals surface area contributed by atoms with E-state index in [2.05, 4.69) is 41.7 Å². The van der Waals surface area contributed by atoms with Crippen LogP contribution in [0.3, 0.4) is 0 Å². The van der Waals surface area contributed by atoms with Crippen LogP contribution in [0.25, 0.3) is 0 Å². The Labute approximate surface area is 161 Å². The van der Waals surface area contributed by atoms with Crippen molar-refractivity contribution in [3.05, 3.63) is 65.7 Å². The average molecular weight is 364 g/mol. The first kappa shape index (κ1) is 18.1. The molecule has 0 unspecified atom stereocenters. The summed E-state index contributed by atoms with van der Waals surface area (Å²) in [7, 11) is 0. The number of likely N-dealkylation sites (tertiary alicyclic amines) is 1. The van der Waals surface area contributed by atoms with Crippen molar-refractivity contribution in [1.82, 2.24) is 10.2 Å². The van der Waals surface area contributed by atoms with Gasteiger partial charge in [-0.15, -0.1) is 0 Å². The lowest BCUT2D eigenvalue weighted by molar-refractivity contribution is -0.132. The zero-order chi connectivity index (χ0) is 18.5. The van der Waals surface area contributed by atoms with E-state index >= 15 is 0 Å². The molecule has 2 aromatic rings. The summed E-state index contributed by atoms with van der Waals surface area (Å²) in [5.41, 5.74) is 2.83. The Morgan fingerprint density at radius 1 is 1.00 bits per heavy atom. The first-order valence-electron chi connectivity index (χ1n) is 10.0. The summed E-state index contributed by atoms with van der Waals surface area (Å²) >= 11 is 0. The van der Waals surface area contributed by atoms with Gasteiger partial charge in [0.25, 0.3) is 5.91 Å². The van der Waals surface area contributed by atoms with Gasteiger partial charge < -0.3 is 15.0 Å². The fraction of sp³-hybridized carbons (Fsp3) is 0.435. The van der Waals surface area contributed by atoms with Crippen LogP contribution in [-0.2, 0) is 16.8 Å². The Hall–Kier alpha value is -2.33. The molecule has 1 aliphatic heterocycles. The molecule has 0 bridgehead atoms. The van der Waals surface area contributed by atoms with Crippen molar-refractivity contribution < 1.29 is 9.53 Å². The van der Waals surface area contributed by atoms with Gasteiger partial charge in [-0.25, -0.2) is 0 Å². The molecule has 27 heavy (non-hydrogen) atoms. The van der Waals surface area contributed by atoms with Crippen LogP contribution in [0.15, 0.2) is 54.6 Å². The third kappa shape index (κ3) is 4.33. The molecule has 0 aromatic heterocycles. The summed E-state index contributed by atoms with van der Waals surface area (Å²) < 4.78 is 5.86. The topological polar surface area (TPSA) is 41.6 Å². The van der Waals surface area contributed by atoms with E-state index in [1.165, 1.54) is 18.4 Å². The van der Waals surface area contributed by atoms with Crippen LogP contribution in [0, 0.1) is 0 Å². The Kier molecular flexibility index (Phi) is 5.44. The summed E-state index contributed by atoms with van der Waals surface area (Å²) in [4.78, 5) is 14.1. The van der Waals surface area contributed by atoms with Crippen LogP contribution in [-0.4, -0.2) is 37.0 Å². The number of benzene rings is 2. The third-order valence-corrected chi connectivity index (χ3v) is 5.80. The summed E-state index contributed by atoms with van der Waals surface area (Å²) in [5.74, 6) is 0.901.